The maximum Gasteiger partial charge on any atom is 0.243 e. The highest BCUT2D eigenvalue weighted by atomic mass is 35.5. The lowest BCUT2D eigenvalue weighted by molar-refractivity contribution is 0.291. The molecular weight excluding hydrogens is 270 g/mol. The Kier molecular flexibility index (Phi) is 3.72. The Balaban J connectivity index is 2.49. The van der Waals surface area contributed by atoms with Gasteiger partial charge in [-0.05, 0) is 38.3 Å². The zero-order valence-corrected chi connectivity index (χ0v) is 12.3. The van der Waals surface area contributed by atoms with E-state index in [9.17, 15) is 8.42 Å². The molecular formula is C13H18ClNO2S. The highest BCUT2D eigenvalue weighted by Crippen LogP contribution is 2.34. The summed E-state index contributed by atoms with van der Waals surface area (Å²) in [6.07, 6.45) is 1.81. The molecule has 1 aromatic rings. The van der Waals surface area contributed by atoms with Crippen LogP contribution in [0.5, 0.6) is 0 Å². The number of hydrogen-bond acceptors (Lipinski definition) is 2. The van der Waals surface area contributed by atoms with Gasteiger partial charge in [-0.15, -0.1) is 11.6 Å². The largest absolute Gasteiger partial charge is 0.243 e. The molecule has 0 atom stereocenters. The first-order valence-corrected chi connectivity index (χ1v) is 8.04. The lowest BCUT2D eigenvalue weighted by Crippen LogP contribution is -2.42. The molecule has 0 amide bonds. The van der Waals surface area contributed by atoms with Crippen molar-refractivity contribution in [3.63, 3.8) is 0 Å². The van der Waals surface area contributed by atoms with Gasteiger partial charge in [0.25, 0.3) is 0 Å². The number of hydrogen-bond donors (Lipinski definition) is 0. The van der Waals surface area contributed by atoms with Crippen LogP contribution >= 0.6 is 11.6 Å². The van der Waals surface area contributed by atoms with Gasteiger partial charge in [0, 0.05) is 18.0 Å². The van der Waals surface area contributed by atoms with Gasteiger partial charge in [0.05, 0.1) is 4.90 Å². The topological polar surface area (TPSA) is 37.4 Å². The Hall–Kier alpha value is -0.580. The van der Waals surface area contributed by atoms with Crippen molar-refractivity contribution < 1.29 is 8.42 Å². The van der Waals surface area contributed by atoms with Gasteiger partial charge in [-0.1, -0.05) is 18.2 Å². The second kappa shape index (κ2) is 4.83. The van der Waals surface area contributed by atoms with Crippen LogP contribution < -0.4 is 0 Å². The Labute approximate surface area is 114 Å². The Bertz CT molecular complexity index is 540. The average Bonchev–Trinajstić information content (AvgIpc) is 2.69. The van der Waals surface area contributed by atoms with Gasteiger partial charge < -0.3 is 0 Å². The lowest BCUT2D eigenvalue weighted by atomic mass is 10.0. The van der Waals surface area contributed by atoms with Gasteiger partial charge in [0.15, 0.2) is 0 Å². The standard InChI is InChI=1S/C13H18ClNO2S/c1-13(2)8-5-9-15(13)18(16,17)12-7-4-3-6-11(12)10-14/h3-4,6-7H,5,8-10H2,1-2H3. The Morgan fingerprint density at radius 2 is 2.00 bits per heavy atom. The molecule has 5 heteroatoms. The first-order valence-electron chi connectivity index (χ1n) is 6.06. The maximum atomic E-state index is 12.7. The first kappa shape index (κ1) is 13.8. The van der Waals surface area contributed by atoms with Gasteiger partial charge in [0.1, 0.15) is 0 Å². The summed E-state index contributed by atoms with van der Waals surface area (Å²) in [7, 11) is -3.44. The molecule has 1 aliphatic rings. The van der Waals surface area contributed by atoms with Gasteiger partial charge in [-0.2, -0.15) is 4.31 Å². The molecule has 100 valence electrons. The van der Waals surface area contributed by atoms with Crippen LogP contribution in [0, 0.1) is 0 Å². The van der Waals surface area contributed by atoms with E-state index in [0.29, 0.717) is 17.0 Å². The average molecular weight is 288 g/mol. The van der Waals surface area contributed by atoms with Crippen molar-refractivity contribution in [2.24, 2.45) is 0 Å². The second-order valence-electron chi connectivity index (χ2n) is 5.23. The van der Waals surface area contributed by atoms with Gasteiger partial charge in [0.2, 0.25) is 10.0 Å². The van der Waals surface area contributed by atoms with E-state index in [0.717, 1.165) is 12.8 Å². The number of rotatable bonds is 3. The molecule has 18 heavy (non-hydrogen) atoms. The van der Waals surface area contributed by atoms with Gasteiger partial charge in [-0.3, -0.25) is 0 Å². The van der Waals surface area contributed by atoms with Crippen molar-refractivity contribution in [3.05, 3.63) is 29.8 Å². The fourth-order valence-corrected chi connectivity index (χ4v) is 4.90. The molecule has 0 radical (unpaired) electrons. The summed E-state index contributed by atoms with van der Waals surface area (Å²) in [4.78, 5) is 0.343. The molecule has 1 aliphatic heterocycles. The van der Waals surface area contributed by atoms with E-state index in [-0.39, 0.29) is 11.4 Å². The third-order valence-corrected chi connectivity index (χ3v) is 6.01. The van der Waals surface area contributed by atoms with Crippen LogP contribution in [0.15, 0.2) is 29.2 Å². The van der Waals surface area contributed by atoms with Crippen LogP contribution in [0.25, 0.3) is 0 Å². The van der Waals surface area contributed by atoms with Crippen molar-refractivity contribution in [1.29, 1.82) is 0 Å². The number of sulfonamides is 1. The molecule has 0 unspecified atom stereocenters. The molecule has 1 heterocycles. The lowest BCUT2D eigenvalue weighted by Gasteiger charge is -2.31. The molecule has 1 fully saturated rings. The molecule has 0 bridgehead atoms. The molecule has 0 spiro atoms. The van der Waals surface area contributed by atoms with Gasteiger partial charge in [-0.25, -0.2) is 8.42 Å². The molecule has 1 saturated heterocycles. The summed E-state index contributed by atoms with van der Waals surface area (Å²) in [5, 5.41) is 0. The normalized spacial score (nSPS) is 20.2. The minimum absolute atomic E-state index is 0.212. The SMILES string of the molecule is CC1(C)CCCN1S(=O)(=O)c1ccccc1CCl. The summed E-state index contributed by atoms with van der Waals surface area (Å²) in [5.74, 6) is 0.212. The summed E-state index contributed by atoms with van der Waals surface area (Å²) in [6.45, 7) is 4.54. The second-order valence-corrected chi connectivity index (χ2v) is 7.33. The van der Waals surface area contributed by atoms with Crippen LogP contribution in [0.3, 0.4) is 0 Å². The first-order chi connectivity index (χ1) is 8.39. The maximum absolute atomic E-state index is 12.7. The molecule has 2 rings (SSSR count). The van der Waals surface area contributed by atoms with Crippen molar-refractivity contribution >= 4 is 21.6 Å². The summed E-state index contributed by atoms with van der Waals surface area (Å²) in [5.41, 5.74) is 0.361. The van der Waals surface area contributed by atoms with Crippen LogP contribution in [-0.4, -0.2) is 24.8 Å². The number of halogens is 1. The molecule has 3 nitrogen and oxygen atoms in total. The third kappa shape index (κ3) is 2.29. The van der Waals surface area contributed by atoms with Gasteiger partial charge >= 0.3 is 0 Å². The molecule has 0 saturated carbocycles. The van der Waals surface area contributed by atoms with E-state index in [1.54, 1.807) is 22.5 Å². The summed E-state index contributed by atoms with van der Waals surface area (Å²) >= 11 is 5.83. The van der Waals surface area contributed by atoms with E-state index in [2.05, 4.69) is 0 Å². The smallest absolute Gasteiger partial charge is 0.207 e. The molecule has 0 aliphatic carbocycles. The minimum atomic E-state index is -3.44. The van der Waals surface area contributed by atoms with Crippen LogP contribution in [0.2, 0.25) is 0 Å². The fraction of sp³-hybridized carbons (Fsp3) is 0.538. The van der Waals surface area contributed by atoms with Crippen molar-refractivity contribution in [2.45, 2.75) is 43.0 Å². The highest BCUT2D eigenvalue weighted by Gasteiger charge is 2.41. The van der Waals surface area contributed by atoms with Crippen molar-refractivity contribution in [2.75, 3.05) is 6.54 Å². The predicted molar refractivity (Wildman–Crippen MR) is 73.2 cm³/mol. The fourth-order valence-electron chi connectivity index (χ4n) is 2.51. The molecule has 0 aromatic heterocycles. The summed E-state index contributed by atoms with van der Waals surface area (Å²) < 4.78 is 27.0. The zero-order chi connectivity index (χ0) is 13.4. The zero-order valence-electron chi connectivity index (χ0n) is 10.7. The summed E-state index contributed by atoms with van der Waals surface area (Å²) in [6, 6.07) is 6.96. The van der Waals surface area contributed by atoms with E-state index >= 15 is 0 Å². The quantitative estimate of drug-likeness (QED) is 0.802. The monoisotopic (exact) mass is 287 g/mol. The number of nitrogens with zero attached hydrogens (tertiary/aromatic N) is 1. The molecule has 1 aromatic carbocycles. The number of benzene rings is 1. The Morgan fingerprint density at radius 3 is 2.56 bits per heavy atom. The van der Waals surface area contributed by atoms with Crippen molar-refractivity contribution in [1.82, 2.24) is 4.31 Å². The predicted octanol–water partition coefficient (Wildman–Crippen LogP) is 2.99. The van der Waals surface area contributed by atoms with E-state index in [1.807, 2.05) is 19.9 Å². The molecule has 0 N–H and O–H groups in total. The Morgan fingerprint density at radius 1 is 1.33 bits per heavy atom. The van der Waals surface area contributed by atoms with E-state index in [1.165, 1.54) is 0 Å². The van der Waals surface area contributed by atoms with Crippen LogP contribution in [-0.2, 0) is 15.9 Å². The van der Waals surface area contributed by atoms with Crippen LogP contribution in [0.1, 0.15) is 32.3 Å². The third-order valence-electron chi connectivity index (χ3n) is 3.51. The van der Waals surface area contributed by atoms with E-state index < -0.39 is 10.0 Å². The van der Waals surface area contributed by atoms with Crippen molar-refractivity contribution in [3.8, 4) is 0 Å². The van der Waals surface area contributed by atoms with Crippen LogP contribution in [0.4, 0.5) is 0 Å². The van der Waals surface area contributed by atoms with E-state index in [4.69, 9.17) is 11.6 Å². The highest BCUT2D eigenvalue weighted by molar-refractivity contribution is 7.89. The minimum Gasteiger partial charge on any atom is -0.207 e. The number of alkyl halides is 1.